The Morgan fingerprint density at radius 1 is 1.22 bits per heavy atom. The van der Waals surface area contributed by atoms with Crippen molar-refractivity contribution in [1.29, 1.82) is 0 Å². The van der Waals surface area contributed by atoms with Gasteiger partial charge >= 0.3 is 0 Å². The largest absolute Gasteiger partial charge is 0.379 e. The van der Waals surface area contributed by atoms with Crippen molar-refractivity contribution < 1.29 is 0 Å². The van der Waals surface area contributed by atoms with Gasteiger partial charge in [0.2, 0.25) is 0 Å². The van der Waals surface area contributed by atoms with Crippen LogP contribution in [-0.4, -0.2) is 9.78 Å². The second-order valence-electron chi connectivity index (χ2n) is 4.16. The summed E-state index contributed by atoms with van der Waals surface area (Å²) in [7, 11) is 0. The van der Waals surface area contributed by atoms with E-state index in [0.29, 0.717) is 0 Å². The average Bonchev–Trinajstić information content (AvgIpc) is 2.80. The van der Waals surface area contributed by atoms with Crippen molar-refractivity contribution in [3.05, 3.63) is 46.2 Å². The summed E-state index contributed by atoms with van der Waals surface area (Å²) in [5.41, 5.74) is 3.52. The Morgan fingerprint density at radius 3 is 2.56 bits per heavy atom. The number of benzene rings is 1. The first-order chi connectivity index (χ1) is 8.72. The normalized spacial score (nSPS) is 10.6. The highest BCUT2D eigenvalue weighted by molar-refractivity contribution is 9.10. The number of anilines is 1. The van der Waals surface area contributed by atoms with Crippen LogP contribution in [0.5, 0.6) is 0 Å². The van der Waals surface area contributed by atoms with Crippen LogP contribution < -0.4 is 5.32 Å². The second kappa shape index (κ2) is 6.05. The minimum absolute atomic E-state index is 0.808. The third kappa shape index (κ3) is 3.13. The van der Waals surface area contributed by atoms with Gasteiger partial charge in [-0.2, -0.15) is 5.10 Å². The molecule has 0 atom stereocenters. The number of aromatic nitrogens is 2. The monoisotopic (exact) mass is 307 g/mol. The van der Waals surface area contributed by atoms with Crippen LogP contribution in [0.4, 0.5) is 5.69 Å². The van der Waals surface area contributed by atoms with Crippen molar-refractivity contribution in [1.82, 2.24) is 9.78 Å². The zero-order chi connectivity index (χ0) is 13.0. The van der Waals surface area contributed by atoms with Gasteiger partial charge in [-0.25, -0.2) is 0 Å². The quantitative estimate of drug-likeness (QED) is 0.909. The summed E-state index contributed by atoms with van der Waals surface area (Å²) in [5.74, 6) is 0. The minimum atomic E-state index is 0.808. The molecular weight excluding hydrogens is 290 g/mol. The highest BCUT2D eigenvalue weighted by Gasteiger charge is 2.05. The molecule has 0 aliphatic carbocycles. The first kappa shape index (κ1) is 13.1. The van der Waals surface area contributed by atoms with Gasteiger partial charge in [-0.3, -0.25) is 4.68 Å². The maximum atomic E-state index is 4.54. The van der Waals surface area contributed by atoms with Crippen molar-refractivity contribution in [2.24, 2.45) is 0 Å². The number of nitrogens with zero attached hydrogens (tertiary/aromatic N) is 2. The van der Waals surface area contributed by atoms with E-state index in [4.69, 9.17) is 0 Å². The summed E-state index contributed by atoms with van der Waals surface area (Å²) in [6, 6.07) is 10.4. The fourth-order valence-electron chi connectivity index (χ4n) is 1.86. The van der Waals surface area contributed by atoms with Crippen LogP contribution in [0.3, 0.4) is 0 Å². The first-order valence-electron chi connectivity index (χ1n) is 6.28. The molecule has 4 heteroatoms. The van der Waals surface area contributed by atoms with Gasteiger partial charge in [0, 0.05) is 16.7 Å². The van der Waals surface area contributed by atoms with E-state index in [9.17, 15) is 0 Å². The van der Waals surface area contributed by atoms with Crippen LogP contribution in [-0.2, 0) is 19.5 Å². The van der Waals surface area contributed by atoms with Crippen LogP contribution in [0.1, 0.15) is 25.2 Å². The Hall–Kier alpha value is -1.29. The van der Waals surface area contributed by atoms with E-state index in [-0.39, 0.29) is 0 Å². The topological polar surface area (TPSA) is 29.9 Å². The van der Waals surface area contributed by atoms with Crippen molar-refractivity contribution in [2.75, 3.05) is 5.32 Å². The van der Waals surface area contributed by atoms with Gasteiger partial charge in [0.05, 0.1) is 17.9 Å². The van der Waals surface area contributed by atoms with Gasteiger partial charge in [0.15, 0.2) is 0 Å². The van der Waals surface area contributed by atoms with Crippen molar-refractivity contribution in [2.45, 2.75) is 33.4 Å². The molecule has 0 saturated heterocycles. The van der Waals surface area contributed by atoms with Crippen LogP contribution in [0.2, 0.25) is 0 Å². The molecule has 0 aliphatic heterocycles. The summed E-state index contributed by atoms with van der Waals surface area (Å²) >= 11 is 3.44. The maximum Gasteiger partial charge on any atom is 0.0625 e. The summed E-state index contributed by atoms with van der Waals surface area (Å²) in [5, 5.41) is 7.96. The number of halogens is 1. The lowest BCUT2D eigenvalue weighted by atomic mass is 10.3. The average molecular weight is 308 g/mol. The standard InChI is InChI=1S/C14H18BrN3/c1-3-12-9-14(18(4-2)17-12)10-16-13-7-5-11(15)6-8-13/h5-9,16H,3-4,10H2,1-2H3. The fraction of sp³-hybridized carbons (Fsp3) is 0.357. The Bertz CT molecular complexity index is 502. The van der Waals surface area contributed by atoms with Gasteiger partial charge in [0.25, 0.3) is 0 Å². The molecule has 2 aromatic rings. The predicted molar refractivity (Wildman–Crippen MR) is 78.7 cm³/mol. The Balaban J connectivity index is 2.05. The molecule has 18 heavy (non-hydrogen) atoms. The van der Waals surface area contributed by atoms with E-state index in [1.165, 1.54) is 5.69 Å². The molecule has 1 aromatic heterocycles. The number of aryl methyl sites for hydroxylation is 2. The Labute approximate surface area is 116 Å². The van der Waals surface area contributed by atoms with Crippen molar-refractivity contribution in [3.8, 4) is 0 Å². The zero-order valence-corrected chi connectivity index (χ0v) is 12.4. The van der Waals surface area contributed by atoms with E-state index in [1.807, 2.05) is 12.1 Å². The number of rotatable bonds is 5. The zero-order valence-electron chi connectivity index (χ0n) is 10.8. The molecule has 0 bridgehead atoms. The highest BCUT2D eigenvalue weighted by atomic mass is 79.9. The molecule has 1 heterocycles. The third-order valence-electron chi connectivity index (χ3n) is 2.89. The third-order valence-corrected chi connectivity index (χ3v) is 3.42. The number of hydrogen-bond donors (Lipinski definition) is 1. The molecule has 0 saturated carbocycles. The molecule has 0 fully saturated rings. The number of hydrogen-bond acceptors (Lipinski definition) is 2. The van der Waals surface area contributed by atoms with Crippen molar-refractivity contribution in [3.63, 3.8) is 0 Å². The Kier molecular flexibility index (Phi) is 4.42. The lowest BCUT2D eigenvalue weighted by Gasteiger charge is -2.07. The molecule has 1 N–H and O–H groups in total. The van der Waals surface area contributed by atoms with E-state index in [2.05, 4.69) is 63.1 Å². The van der Waals surface area contributed by atoms with Crippen molar-refractivity contribution >= 4 is 21.6 Å². The van der Waals surface area contributed by atoms with E-state index < -0.39 is 0 Å². The van der Waals surface area contributed by atoms with Gasteiger partial charge < -0.3 is 5.32 Å². The van der Waals surface area contributed by atoms with Crippen LogP contribution in [0.25, 0.3) is 0 Å². The van der Waals surface area contributed by atoms with Gasteiger partial charge in [-0.1, -0.05) is 22.9 Å². The SMILES string of the molecule is CCc1cc(CNc2ccc(Br)cc2)n(CC)n1. The van der Waals surface area contributed by atoms with Crippen LogP contribution in [0, 0.1) is 0 Å². The van der Waals surface area contributed by atoms with E-state index in [0.717, 1.165) is 35.4 Å². The lowest BCUT2D eigenvalue weighted by molar-refractivity contribution is 0.619. The van der Waals surface area contributed by atoms with E-state index >= 15 is 0 Å². The molecule has 0 radical (unpaired) electrons. The van der Waals surface area contributed by atoms with Gasteiger partial charge in [0.1, 0.15) is 0 Å². The molecule has 2 rings (SSSR count). The fourth-order valence-corrected chi connectivity index (χ4v) is 2.13. The molecule has 0 amide bonds. The molecular formula is C14H18BrN3. The summed E-state index contributed by atoms with van der Waals surface area (Å²) < 4.78 is 3.16. The summed E-state index contributed by atoms with van der Waals surface area (Å²) in [4.78, 5) is 0. The predicted octanol–water partition coefficient (Wildman–Crippen LogP) is 3.84. The molecule has 1 aromatic carbocycles. The molecule has 0 spiro atoms. The molecule has 0 unspecified atom stereocenters. The molecule has 3 nitrogen and oxygen atoms in total. The van der Waals surface area contributed by atoms with E-state index in [1.54, 1.807) is 0 Å². The minimum Gasteiger partial charge on any atom is -0.379 e. The summed E-state index contributed by atoms with van der Waals surface area (Å²) in [6.07, 6.45) is 0.984. The molecule has 0 aliphatic rings. The smallest absolute Gasteiger partial charge is 0.0625 e. The lowest BCUT2D eigenvalue weighted by Crippen LogP contribution is -2.07. The maximum absolute atomic E-state index is 4.54. The van der Waals surface area contributed by atoms with Gasteiger partial charge in [-0.15, -0.1) is 0 Å². The van der Waals surface area contributed by atoms with Gasteiger partial charge in [-0.05, 0) is 43.7 Å². The van der Waals surface area contributed by atoms with Crippen LogP contribution >= 0.6 is 15.9 Å². The second-order valence-corrected chi connectivity index (χ2v) is 5.07. The van der Waals surface area contributed by atoms with Crippen LogP contribution in [0.15, 0.2) is 34.8 Å². The summed E-state index contributed by atoms with van der Waals surface area (Å²) in [6.45, 7) is 5.98. The highest BCUT2D eigenvalue weighted by Crippen LogP contribution is 2.15. The first-order valence-corrected chi connectivity index (χ1v) is 7.07. The molecule has 96 valence electrons. The Morgan fingerprint density at radius 2 is 1.94 bits per heavy atom. The number of nitrogens with one attached hydrogen (secondary N) is 1.